The summed E-state index contributed by atoms with van der Waals surface area (Å²) in [6.45, 7) is 7.00. The number of hydrogen-bond donors (Lipinski definition) is 2. The normalized spacial score (nSPS) is 25.7. The molecule has 2 nitrogen and oxygen atoms in total. The maximum atomic E-state index is 3.75. The van der Waals surface area contributed by atoms with Gasteiger partial charge in [0.15, 0.2) is 0 Å². The van der Waals surface area contributed by atoms with E-state index in [0.29, 0.717) is 6.04 Å². The Morgan fingerprint density at radius 2 is 2.21 bits per heavy atom. The van der Waals surface area contributed by atoms with Gasteiger partial charge in [-0.2, -0.15) is 0 Å². The average molecular weight is 198 g/mol. The van der Waals surface area contributed by atoms with Crippen LogP contribution < -0.4 is 10.6 Å². The zero-order chi connectivity index (χ0) is 10.2. The standard InChI is InChI=1S/C12H26N2/c1-3-4-6-11(2)14-12-7-5-9-13-10-8-12/h11-14H,3-10H2,1-2H3. The van der Waals surface area contributed by atoms with Gasteiger partial charge in [-0.05, 0) is 45.7 Å². The molecule has 1 saturated heterocycles. The molecule has 2 atom stereocenters. The van der Waals surface area contributed by atoms with E-state index in [1.807, 2.05) is 0 Å². The lowest BCUT2D eigenvalue weighted by Gasteiger charge is -2.21. The third-order valence-electron chi connectivity index (χ3n) is 3.09. The van der Waals surface area contributed by atoms with Crippen molar-refractivity contribution in [2.24, 2.45) is 0 Å². The van der Waals surface area contributed by atoms with Crippen LogP contribution >= 0.6 is 0 Å². The molecule has 2 heteroatoms. The van der Waals surface area contributed by atoms with Gasteiger partial charge < -0.3 is 10.6 Å². The highest BCUT2D eigenvalue weighted by molar-refractivity contribution is 4.75. The first-order chi connectivity index (χ1) is 6.83. The van der Waals surface area contributed by atoms with Crippen LogP contribution in [0.3, 0.4) is 0 Å². The first-order valence-electron chi connectivity index (χ1n) is 6.29. The highest BCUT2D eigenvalue weighted by atomic mass is 15.0. The fourth-order valence-electron chi connectivity index (χ4n) is 2.18. The second-order valence-corrected chi connectivity index (χ2v) is 4.59. The zero-order valence-corrected chi connectivity index (χ0v) is 9.81. The largest absolute Gasteiger partial charge is 0.317 e. The van der Waals surface area contributed by atoms with Crippen molar-refractivity contribution in [3.05, 3.63) is 0 Å². The molecule has 1 heterocycles. The van der Waals surface area contributed by atoms with Crippen molar-refractivity contribution >= 4 is 0 Å². The van der Waals surface area contributed by atoms with Crippen LogP contribution in [-0.4, -0.2) is 25.2 Å². The number of rotatable bonds is 5. The predicted molar refractivity (Wildman–Crippen MR) is 62.6 cm³/mol. The topological polar surface area (TPSA) is 24.1 Å². The maximum Gasteiger partial charge on any atom is 0.00820 e. The van der Waals surface area contributed by atoms with Crippen molar-refractivity contribution in [3.63, 3.8) is 0 Å². The van der Waals surface area contributed by atoms with Crippen molar-refractivity contribution in [3.8, 4) is 0 Å². The zero-order valence-electron chi connectivity index (χ0n) is 9.81. The van der Waals surface area contributed by atoms with E-state index in [2.05, 4.69) is 24.5 Å². The Labute approximate surface area is 88.8 Å². The van der Waals surface area contributed by atoms with Crippen LogP contribution in [0.1, 0.15) is 52.4 Å². The molecule has 14 heavy (non-hydrogen) atoms. The van der Waals surface area contributed by atoms with Gasteiger partial charge >= 0.3 is 0 Å². The third kappa shape index (κ3) is 4.97. The molecule has 1 aliphatic heterocycles. The molecule has 1 aliphatic rings. The van der Waals surface area contributed by atoms with Gasteiger partial charge in [-0.25, -0.2) is 0 Å². The molecule has 0 amide bonds. The molecular weight excluding hydrogens is 172 g/mol. The Bertz CT molecular complexity index is 128. The summed E-state index contributed by atoms with van der Waals surface area (Å²) in [6.07, 6.45) is 8.00. The number of hydrogen-bond acceptors (Lipinski definition) is 2. The second-order valence-electron chi connectivity index (χ2n) is 4.59. The van der Waals surface area contributed by atoms with E-state index < -0.39 is 0 Å². The molecule has 0 saturated carbocycles. The van der Waals surface area contributed by atoms with Crippen LogP contribution in [0.5, 0.6) is 0 Å². The van der Waals surface area contributed by atoms with Gasteiger partial charge in [0.25, 0.3) is 0 Å². The first-order valence-corrected chi connectivity index (χ1v) is 6.29. The van der Waals surface area contributed by atoms with Crippen LogP contribution in [-0.2, 0) is 0 Å². The van der Waals surface area contributed by atoms with Gasteiger partial charge in [-0.3, -0.25) is 0 Å². The Morgan fingerprint density at radius 1 is 1.36 bits per heavy atom. The Hall–Kier alpha value is -0.0800. The third-order valence-corrected chi connectivity index (χ3v) is 3.09. The summed E-state index contributed by atoms with van der Waals surface area (Å²) < 4.78 is 0. The summed E-state index contributed by atoms with van der Waals surface area (Å²) in [5, 5.41) is 7.21. The molecule has 2 unspecified atom stereocenters. The van der Waals surface area contributed by atoms with E-state index in [9.17, 15) is 0 Å². The van der Waals surface area contributed by atoms with Crippen molar-refractivity contribution in [2.45, 2.75) is 64.5 Å². The SMILES string of the molecule is CCCCC(C)NC1CCCNCC1. The summed E-state index contributed by atoms with van der Waals surface area (Å²) in [6, 6.07) is 1.47. The van der Waals surface area contributed by atoms with Crippen LogP contribution in [0.25, 0.3) is 0 Å². The average Bonchev–Trinajstić information content (AvgIpc) is 2.43. The van der Waals surface area contributed by atoms with Crippen molar-refractivity contribution in [1.82, 2.24) is 10.6 Å². The summed E-state index contributed by atoms with van der Waals surface area (Å²) in [7, 11) is 0. The van der Waals surface area contributed by atoms with E-state index >= 15 is 0 Å². The number of unbranched alkanes of at least 4 members (excludes halogenated alkanes) is 1. The molecule has 2 N–H and O–H groups in total. The minimum absolute atomic E-state index is 0.707. The van der Waals surface area contributed by atoms with E-state index in [1.165, 1.54) is 51.6 Å². The molecule has 1 rings (SSSR count). The summed E-state index contributed by atoms with van der Waals surface area (Å²) in [5.41, 5.74) is 0. The maximum absolute atomic E-state index is 3.75. The van der Waals surface area contributed by atoms with Gasteiger partial charge in [-0.15, -0.1) is 0 Å². The second kappa shape index (κ2) is 7.24. The predicted octanol–water partition coefficient (Wildman–Crippen LogP) is 2.30. The monoisotopic (exact) mass is 198 g/mol. The molecule has 0 aromatic heterocycles. The van der Waals surface area contributed by atoms with Crippen LogP contribution in [0.15, 0.2) is 0 Å². The van der Waals surface area contributed by atoms with Crippen molar-refractivity contribution in [2.75, 3.05) is 13.1 Å². The summed E-state index contributed by atoms with van der Waals surface area (Å²) in [4.78, 5) is 0. The molecule has 0 aliphatic carbocycles. The van der Waals surface area contributed by atoms with Crippen LogP contribution in [0, 0.1) is 0 Å². The molecule has 84 valence electrons. The minimum Gasteiger partial charge on any atom is -0.317 e. The lowest BCUT2D eigenvalue weighted by atomic mass is 10.1. The van der Waals surface area contributed by atoms with E-state index in [1.54, 1.807) is 0 Å². The van der Waals surface area contributed by atoms with E-state index in [-0.39, 0.29) is 0 Å². The van der Waals surface area contributed by atoms with Gasteiger partial charge in [0.2, 0.25) is 0 Å². The molecule has 0 spiro atoms. The van der Waals surface area contributed by atoms with Gasteiger partial charge in [0, 0.05) is 12.1 Å². The number of nitrogens with one attached hydrogen (secondary N) is 2. The summed E-state index contributed by atoms with van der Waals surface area (Å²) >= 11 is 0. The Balaban J connectivity index is 2.13. The summed E-state index contributed by atoms with van der Waals surface area (Å²) in [5.74, 6) is 0. The fourth-order valence-corrected chi connectivity index (χ4v) is 2.18. The van der Waals surface area contributed by atoms with Crippen LogP contribution in [0.4, 0.5) is 0 Å². The highest BCUT2D eigenvalue weighted by Crippen LogP contribution is 2.08. The molecule has 0 aromatic carbocycles. The minimum atomic E-state index is 0.707. The molecule has 0 bridgehead atoms. The molecule has 0 aromatic rings. The van der Waals surface area contributed by atoms with Crippen molar-refractivity contribution in [1.29, 1.82) is 0 Å². The highest BCUT2D eigenvalue weighted by Gasteiger charge is 2.13. The van der Waals surface area contributed by atoms with E-state index in [0.717, 1.165) is 6.04 Å². The fraction of sp³-hybridized carbons (Fsp3) is 1.00. The molecule has 0 radical (unpaired) electrons. The van der Waals surface area contributed by atoms with Crippen LogP contribution in [0.2, 0.25) is 0 Å². The quantitative estimate of drug-likeness (QED) is 0.708. The van der Waals surface area contributed by atoms with Gasteiger partial charge in [-0.1, -0.05) is 19.8 Å². The Kier molecular flexibility index (Phi) is 6.20. The van der Waals surface area contributed by atoms with E-state index in [4.69, 9.17) is 0 Å². The molecular formula is C12H26N2. The van der Waals surface area contributed by atoms with Gasteiger partial charge in [0.05, 0.1) is 0 Å². The van der Waals surface area contributed by atoms with Crippen molar-refractivity contribution < 1.29 is 0 Å². The lowest BCUT2D eigenvalue weighted by molar-refractivity contribution is 0.393. The molecule has 1 fully saturated rings. The van der Waals surface area contributed by atoms with Gasteiger partial charge in [0.1, 0.15) is 0 Å². The lowest BCUT2D eigenvalue weighted by Crippen LogP contribution is -2.37. The Morgan fingerprint density at radius 3 is 3.00 bits per heavy atom. The first kappa shape index (κ1) is 12.0. The smallest absolute Gasteiger partial charge is 0.00820 e.